The van der Waals surface area contributed by atoms with Gasteiger partial charge in [0, 0.05) is 16.9 Å². The van der Waals surface area contributed by atoms with Crippen molar-refractivity contribution in [2.24, 2.45) is 4.99 Å². The largest absolute Gasteiger partial charge is 0.453 e. The Morgan fingerprint density at radius 2 is 2.10 bits per heavy atom. The molecule has 0 unspecified atom stereocenters. The Kier molecular flexibility index (Phi) is 12.5. The first kappa shape index (κ1) is 26.3. The zero-order chi connectivity index (χ0) is 22.4. The zero-order valence-electron chi connectivity index (χ0n) is 18.8. The second kappa shape index (κ2) is 14.3. The molecule has 7 nitrogen and oxygen atoms in total. The Bertz CT molecular complexity index is 706. The number of nitrogens with zero attached hydrogens (tertiary/aromatic N) is 3. The summed E-state index contributed by atoms with van der Waals surface area (Å²) in [4.78, 5) is 23.2. The molecule has 30 heavy (non-hydrogen) atoms. The van der Waals surface area contributed by atoms with Crippen molar-refractivity contribution in [3.8, 4) is 12.3 Å². The van der Waals surface area contributed by atoms with Crippen molar-refractivity contribution < 1.29 is 9.53 Å². The highest BCUT2D eigenvalue weighted by molar-refractivity contribution is 7.98. The van der Waals surface area contributed by atoms with Gasteiger partial charge in [0.25, 0.3) is 0 Å². The van der Waals surface area contributed by atoms with E-state index in [1.54, 1.807) is 23.1 Å². The zero-order valence-corrected chi connectivity index (χ0v) is 20.4. The number of terminal acetylenes is 1. The monoisotopic (exact) mass is 453 g/mol. The van der Waals surface area contributed by atoms with Crippen molar-refractivity contribution in [1.29, 1.82) is 0 Å². The van der Waals surface area contributed by atoms with Crippen LogP contribution < -0.4 is 10.6 Å². The van der Waals surface area contributed by atoms with Crippen LogP contribution in [0.15, 0.2) is 10.4 Å². The van der Waals surface area contributed by atoms with Gasteiger partial charge in [0.15, 0.2) is 0 Å². The van der Waals surface area contributed by atoms with E-state index >= 15 is 0 Å². The van der Waals surface area contributed by atoms with Crippen LogP contribution in [0.3, 0.4) is 0 Å². The molecule has 0 radical (unpaired) electrons. The van der Waals surface area contributed by atoms with Crippen LogP contribution in [-0.2, 0) is 17.0 Å². The minimum absolute atomic E-state index is 0.313. The fourth-order valence-corrected chi connectivity index (χ4v) is 4.23. The van der Waals surface area contributed by atoms with Gasteiger partial charge >= 0.3 is 6.09 Å². The van der Waals surface area contributed by atoms with Crippen molar-refractivity contribution in [3.05, 3.63) is 16.1 Å². The Balaban J connectivity index is 2.49. The summed E-state index contributed by atoms with van der Waals surface area (Å²) in [6.07, 6.45) is 7.24. The Hall–Kier alpha value is -1.76. The van der Waals surface area contributed by atoms with Crippen LogP contribution in [0.25, 0.3) is 0 Å². The van der Waals surface area contributed by atoms with Crippen LogP contribution >= 0.6 is 23.1 Å². The molecular weight excluding hydrogens is 418 g/mol. The number of carbonyl (C=O) groups excluding carboxylic acids is 1. The molecular formula is C21H35N5O2S2. The Morgan fingerprint density at radius 3 is 2.70 bits per heavy atom. The van der Waals surface area contributed by atoms with E-state index in [4.69, 9.17) is 11.4 Å². The lowest BCUT2D eigenvalue weighted by Crippen LogP contribution is -2.50. The number of guanidine groups is 1. The van der Waals surface area contributed by atoms with Crippen LogP contribution in [-0.4, -0.2) is 60.0 Å². The van der Waals surface area contributed by atoms with Gasteiger partial charge in [0.1, 0.15) is 5.01 Å². The predicted octanol–water partition coefficient (Wildman–Crippen LogP) is 3.71. The summed E-state index contributed by atoms with van der Waals surface area (Å²) in [6, 6.07) is 0. The number of aromatic nitrogens is 1. The van der Waals surface area contributed by atoms with Gasteiger partial charge in [-0.3, -0.25) is 15.2 Å². The topological polar surface area (TPSA) is 78.9 Å². The molecule has 168 valence electrons. The van der Waals surface area contributed by atoms with E-state index in [-0.39, 0.29) is 0 Å². The molecule has 0 saturated heterocycles. The van der Waals surface area contributed by atoms with Crippen molar-refractivity contribution in [3.63, 3.8) is 0 Å². The number of carbonyl (C=O) groups is 1. The summed E-state index contributed by atoms with van der Waals surface area (Å²) < 4.78 is 4.64. The predicted molar refractivity (Wildman–Crippen MR) is 128 cm³/mol. The van der Waals surface area contributed by atoms with Gasteiger partial charge in [-0.2, -0.15) is 11.8 Å². The number of methoxy groups -OCH3 is 1. The molecule has 0 aromatic carbocycles. The molecule has 0 bridgehead atoms. The standard InChI is InChI=1S/C21H35N5O2S2/c1-7-11-26(12-8-2)14-18-23-17(16-30-18)15-29-13-10-22-19(24-20(27)28-6)25-21(4,5)9-3/h3,16H,7-8,10-15H2,1-2,4-6H3,(H2,22,24,25,27). The molecule has 0 fully saturated rings. The molecule has 1 aromatic heterocycles. The van der Waals surface area contributed by atoms with E-state index in [9.17, 15) is 4.79 Å². The van der Waals surface area contributed by atoms with Gasteiger partial charge in [0.2, 0.25) is 5.96 Å². The number of thioether (sulfide) groups is 1. The summed E-state index contributed by atoms with van der Waals surface area (Å²) in [7, 11) is 1.31. The first-order valence-electron chi connectivity index (χ1n) is 10.2. The number of aliphatic imine (C=N–C) groups is 1. The fourth-order valence-electron chi connectivity index (χ4n) is 2.57. The Labute approximate surface area is 189 Å². The van der Waals surface area contributed by atoms with E-state index in [1.165, 1.54) is 12.1 Å². The number of rotatable bonds is 12. The molecule has 0 atom stereocenters. The van der Waals surface area contributed by atoms with Crippen molar-refractivity contribution in [2.75, 3.05) is 32.5 Å². The van der Waals surface area contributed by atoms with E-state index in [1.807, 2.05) is 13.8 Å². The molecule has 1 rings (SSSR count). The number of nitrogens with one attached hydrogen (secondary N) is 2. The molecule has 2 N–H and O–H groups in total. The summed E-state index contributed by atoms with van der Waals surface area (Å²) >= 11 is 3.49. The SMILES string of the molecule is C#CC(C)(C)NC(=NCCSCc1csc(CN(CCC)CCC)n1)NC(=O)OC. The lowest BCUT2D eigenvalue weighted by atomic mass is 10.1. The molecule has 1 amide bonds. The van der Waals surface area contributed by atoms with Crippen LogP contribution in [0.5, 0.6) is 0 Å². The summed E-state index contributed by atoms with van der Waals surface area (Å²) in [5.41, 5.74) is 0.476. The maximum Gasteiger partial charge on any atom is 0.413 e. The molecule has 0 spiro atoms. The molecule has 1 heterocycles. The summed E-state index contributed by atoms with van der Waals surface area (Å²) in [6.45, 7) is 11.8. The number of hydrogen-bond donors (Lipinski definition) is 2. The van der Waals surface area contributed by atoms with Crippen LogP contribution in [0, 0.1) is 12.3 Å². The fraction of sp³-hybridized carbons (Fsp3) is 0.667. The van der Waals surface area contributed by atoms with Gasteiger partial charge in [-0.1, -0.05) is 19.8 Å². The number of amides is 1. The normalized spacial score (nSPS) is 12.0. The average molecular weight is 454 g/mol. The minimum Gasteiger partial charge on any atom is -0.453 e. The maximum absolute atomic E-state index is 11.5. The highest BCUT2D eigenvalue weighted by Gasteiger charge is 2.17. The molecule has 0 saturated carbocycles. The van der Waals surface area contributed by atoms with Crippen molar-refractivity contribution >= 4 is 35.2 Å². The average Bonchev–Trinajstić information content (AvgIpc) is 3.14. The van der Waals surface area contributed by atoms with E-state index in [2.05, 4.69) is 50.4 Å². The lowest BCUT2D eigenvalue weighted by Gasteiger charge is -2.22. The van der Waals surface area contributed by atoms with Crippen LogP contribution in [0.2, 0.25) is 0 Å². The van der Waals surface area contributed by atoms with Crippen molar-refractivity contribution in [2.45, 2.75) is 58.4 Å². The summed E-state index contributed by atoms with van der Waals surface area (Å²) in [5.74, 6) is 4.58. The molecule has 1 aromatic rings. The molecule has 0 aliphatic heterocycles. The van der Waals surface area contributed by atoms with Gasteiger partial charge in [0.05, 0.1) is 31.4 Å². The first-order valence-corrected chi connectivity index (χ1v) is 12.3. The minimum atomic E-state index is -0.632. The quantitative estimate of drug-likeness (QED) is 0.217. The third kappa shape index (κ3) is 10.9. The van der Waals surface area contributed by atoms with Crippen molar-refractivity contribution in [1.82, 2.24) is 20.5 Å². The van der Waals surface area contributed by atoms with Crippen LogP contribution in [0.4, 0.5) is 4.79 Å². The number of ether oxygens (including phenoxy) is 1. The van der Waals surface area contributed by atoms with E-state index in [0.717, 1.165) is 49.7 Å². The lowest BCUT2D eigenvalue weighted by molar-refractivity contribution is 0.176. The molecule has 9 heteroatoms. The van der Waals surface area contributed by atoms with E-state index < -0.39 is 11.6 Å². The third-order valence-corrected chi connectivity index (χ3v) is 5.84. The number of thiazole rings is 1. The third-order valence-electron chi connectivity index (χ3n) is 3.99. The number of hydrogen-bond acceptors (Lipinski definition) is 7. The molecule has 0 aliphatic carbocycles. The Morgan fingerprint density at radius 1 is 1.40 bits per heavy atom. The summed E-state index contributed by atoms with van der Waals surface area (Å²) in [5, 5.41) is 8.92. The van der Waals surface area contributed by atoms with E-state index in [0.29, 0.717) is 12.5 Å². The van der Waals surface area contributed by atoms with Gasteiger partial charge in [-0.25, -0.2) is 9.78 Å². The maximum atomic E-state index is 11.5. The highest BCUT2D eigenvalue weighted by atomic mass is 32.2. The van der Waals surface area contributed by atoms with Gasteiger partial charge < -0.3 is 10.1 Å². The highest BCUT2D eigenvalue weighted by Crippen LogP contribution is 2.17. The number of alkyl carbamates (subject to hydrolysis) is 1. The second-order valence-electron chi connectivity index (χ2n) is 7.30. The van der Waals surface area contributed by atoms with Gasteiger partial charge in [-0.15, -0.1) is 17.8 Å². The van der Waals surface area contributed by atoms with Crippen LogP contribution in [0.1, 0.15) is 51.2 Å². The first-order chi connectivity index (χ1) is 14.3. The second-order valence-corrected chi connectivity index (χ2v) is 9.35. The molecule has 0 aliphatic rings. The smallest absolute Gasteiger partial charge is 0.413 e. The van der Waals surface area contributed by atoms with Gasteiger partial charge in [-0.05, 0) is 39.8 Å².